The second-order valence-electron chi connectivity index (χ2n) is 6.24. The van der Waals surface area contributed by atoms with Gasteiger partial charge >= 0.3 is 6.01 Å². The minimum Gasteiger partial charge on any atom is -0.424 e. The zero-order valence-corrected chi connectivity index (χ0v) is 18.2. The lowest BCUT2D eigenvalue weighted by molar-refractivity contribution is 0.102. The van der Waals surface area contributed by atoms with E-state index in [1.165, 1.54) is 10.4 Å². The molecular weight excluding hydrogens is 444 g/mol. The number of hydrogen-bond donors (Lipinski definition) is 1. The highest BCUT2D eigenvalue weighted by molar-refractivity contribution is 7.99. The molecule has 0 unspecified atom stereocenters. The van der Waals surface area contributed by atoms with Gasteiger partial charge in [-0.05, 0) is 41.8 Å². The first-order chi connectivity index (χ1) is 14.5. The summed E-state index contributed by atoms with van der Waals surface area (Å²) in [5.74, 6) is 1.57. The van der Waals surface area contributed by atoms with Crippen molar-refractivity contribution in [1.82, 2.24) is 14.3 Å². The fourth-order valence-electron chi connectivity index (χ4n) is 2.83. The largest absolute Gasteiger partial charge is 0.424 e. The molecule has 3 aromatic rings. The number of carbonyl (C=O) groups excluding carboxylic acids is 1. The molecule has 4 rings (SSSR count). The second-order valence-corrected chi connectivity index (χ2v) is 10.3. The lowest BCUT2D eigenvalue weighted by atomic mass is 10.3. The Morgan fingerprint density at radius 3 is 2.47 bits per heavy atom. The lowest BCUT2D eigenvalue weighted by Gasteiger charge is -2.25. The Hall–Kier alpha value is -2.47. The first kappa shape index (κ1) is 20.8. The van der Waals surface area contributed by atoms with E-state index in [0.29, 0.717) is 24.5 Å². The minimum absolute atomic E-state index is 0.0538. The summed E-state index contributed by atoms with van der Waals surface area (Å²) in [7, 11) is -3.69. The Bertz CT molecular complexity index is 1110. The van der Waals surface area contributed by atoms with E-state index in [4.69, 9.17) is 4.74 Å². The fraction of sp³-hybridized carbons (Fsp3) is 0.211. The number of sulfonamides is 1. The third-order valence-electron chi connectivity index (χ3n) is 4.29. The molecule has 1 amide bonds. The maximum atomic E-state index is 13.0. The van der Waals surface area contributed by atoms with Gasteiger partial charge in [0, 0.05) is 42.7 Å². The molecule has 11 heteroatoms. The number of ether oxygens (including phenoxy) is 1. The molecule has 0 aliphatic carbocycles. The molecule has 156 valence electrons. The first-order valence-corrected chi connectivity index (χ1v) is 12.5. The predicted molar refractivity (Wildman–Crippen MR) is 117 cm³/mol. The van der Waals surface area contributed by atoms with E-state index in [0.717, 1.165) is 22.8 Å². The van der Waals surface area contributed by atoms with Crippen LogP contribution in [0.5, 0.6) is 11.8 Å². The van der Waals surface area contributed by atoms with Crippen LogP contribution in [0.3, 0.4) is 0 Å². The standard InChI is InChI=1S/C19H18N4O4S3/c24-18(17-16(6-11-29-17)30(25,26)23-9-12-28-13-10-23)22-14-2-4-15(5-3-14)27-19-20-7-1-8-21-19/h1-8,11H,9-10,12-13H2,(H,22,24). The second kappa shape index (κ2) is 9.13. The summed E-state index contributed by atoms with van der Waals surface area (Å²) in [5.41, 5.74) is 0.521. The number of nitrogens with zero attached hydrogens (tertiary/aromatic N) is 3. The highest BCUT2D eigenvalue weighted by Crippen LogP contribution is 2.28. The molecule has 0 atom stereocenters. The van der Waals surface area contributed by atoms with E-state index in [1.807, 2.05) is 0 Å². The predicted octanol–water partition coefficient (Wildman–Crippen LogP) is 3.32. The van der Waals surface area contributed by atoms with Crippen LogP contribution in [-0.2, 0) is 10.0 Å². The number of carbonyl (C=O) groups is 1. The molecule has 1 fully saturated rings. The molecule has 0 spiro atoms. The first-order valence-electron chi connectivity index (χ1n) is 9.06. The average Bonchev–Trinajstić information content (AvgIpc) is 3.28. The molecule has 1 aliphatic heterocycles. The summed E-state index contributed by atoms with van der Waals surface area (Å²) in [6.45, 7) is 0.910. The average molecular weight is 463 g/mol. The van der Waals surface area contributed by atoms with Gasteiger partial charge in [0.15, 0.2) is 0 Å². The van der Waals surface area contributed by atoms with Crippen LogP contribution in [0.2, 0.25) is 0 Å². The number of nitrogens with one attached hydrogen (secondary N) is 1. The normalized spacial score (nSPS) is 14.9. The van der Waals surface area contributed by atoms with Gasteiger partial charge in [-0.1, -0.05) is 0 Å². The number of hydrogen-bond acceptors (Lipinski definition) is 8. The number of rotatable bonds is 6. The maximum absolute atomic E-state index is 13.0. The van der Waals surface area contributed by atoms with Gasteiger partial charge in [0.2, 0.25) is 10.0 Å². The van der Waals surface area contributed by atoms with E-state index in [9.17, 15) is 13.2 Å². The molecule has 0 bridgehead atoms. The molecule has 0 radical (unpaired) electrons. The number of anilines is 1. The molecule has 3 heterocycles. The Morgan fingerprint density at radius 1 is 1.07 bits per heavy atom. The van der Waals surface area contributed by atoms with Crippen molar-refractivity contribution in [2.75, 3.05) is 29.9 Å². The highest BCUT2D eigenvalue weighted by Gasteiger charge is 2.31. The molecule has 2 aromatic heterocycles. The SMILES string of the molecule is O=C(Nc1ccc(Oc2ncccn2)cc1)c1sccc1S(=O)(=O)N1CCSCC1. The van der Waals surface area contributed by atoms with Crippen molar-refractivity contribution >= 4 is 44.7 Å². The van der Waals surface area contributed by atoms with Gasteiger partial charge in [-0.2, -0.15) is 16.1 Å². The van der Waals surface area contributed by atoms with Crippen LogP contribution in [0.15, 0.2) is 59.1 Å². The molecule has 0 saturated carbocycles. The van der Waals surface area contributed by atoms with E-state index in [1.54, 1.807) is 59.9 Å². The fourth-order valence-corrected chi connectivity index (χ4v) is 6.70. The molecule has 1 aromatic carbocycles. The quantitative estimate of drug-likeness (QED) is 0.600. The Balaban J connectivity index is 1.46. The van der Waals surface area contributed by atoms with Gasteiger partial charge in [0.1, 0.15) is 15.5 Å². The molecule has 8 nitrogen and oxygen atoms in total. The Morgan fingerprint density at radius 2 is 1.77 bits per heavy atom. The number of amides is 1. The van der Waals surface area contributed by atoms with Gasteiger partial charge in [-0.15, -0.1) is 11.3 Å². The Labute approximate surface area is 182 Å². The van der Waals surface area contributed by atoms with Gasteiger partial charge < -0.3 is 10.1 Å². The van der Waals surface area contributed by atoms with Crippen LogP contribution < -0.4 is 10.1 Å². The van der Waals surface area contributed by atoms with Crippen LogP contribution in [0.4, 0.5) is 5.69 Å². The van der Waals surface area contributed by atoms with Crippen LogP contribution in [0, 0.1) is 0 Å². The third-order valence-corrected chi connectivity index (χ3v) is 8.21. The van der Waals surface area contributed by atoms with E-state index >= 15 is 0 Å². The minimum atomic E-state index is -3.69. The number of thiophene rings is 1. The van der Waals surface area contributed by atoms with Crippen LogP contribution in [0.25, 0.3) is 0 Å². The summed E-state index contributed by atoms with van der Waals surface area (Å²) in [4.78, 5) is 21.0. The van der Waals surface area contributed by atoms with Crippen molar-refractivity contribution in [2.24, 2.45) is 0 Å². The summed E-state index contributed by atoms with van der Waals surface area (Å²) >= 11 is 2.83. The summed E-state index contributed by atoms with van der Waals surface area (Å²) in [6.07, 6.45) is 3.15. The third kappa shape index (κ3) is 4.64. The van der Waals surface area contributed by atoms with Gasteiger partial charge in [0.25, 0.3) is 5.91 Å². The lowest BCUT2D eigenvalue weighted by Crippen LogP contribution is -2.38. The summed E-state index contributed by atoms with van der Waals surface area (Å²) in [6, 6.07) is 10.1. The molecule has 30 heavy (non-hydrogen) atoms. The van der Waals surface area contributed by atoms with Crippen molar-refractivity contribution in [3.05, 3.63) is 59.0 Å². The van der Waals surface area contributed by atoms with E-state index < -0.39 is 15.9 Å². The Kier molecular flexibility index (Phi) is 6.32. The maximum Gasteiger partial charge on any atom is 0.321 e. The van der Waals surface area contributed by atoms with Crippen molar-refractivity contribution in [3.63, 3.8) is 0 Å². The number of thioether (sulfide) groups is 1. The van der Waals surface area contributed by atoms with Crippen molar-refractivity contribution < 1.29 is 17.9 Å². The highest BCUT2D eigenvalue weighted by atomic mass is 32.2. The summed E-state index contributed by atoms with van der Waals surface area (Å²) in [5, 5.41) is 4.37. The van der Waals surface area contributed by atoms with E-state index in [2.05, 4.69) is 15.3 Å². The zero-order chi connectivity index (χ0) is 21.0. The van der Waals surface area contributed by atoms with Gasteiger partial charge in [0.05, 0.1) is 0 Å². The van der Waals surface area contributed by atoms with Gasteiger partial charge in [-0.3, -0.25) is 4.79 Å². The van der Waals surface area contributed by atoms with Crippen molar-refractivity contribution in [1.29, 1.82) is 0 Å². The van der Waals surface area contributed by atoms with Crippen molar-refractivity contribution in [2.45, 2.75) is 4.90 Å². The number of benzene rings is 1. The van der Waals surface area contributed by atoms with Crippen LogP contribution in [-0.4, -0.2) is 53.2 Å². The monoisotopic (exact) mass is 462 g/mol. The van der Waals surface area contributed by atoms with Crippen LogP contribution >= 0.6 is 23.1 Å². The van der Waals surface area contributed by atoms with Crippen LogP contribution in [0.1, 0.15) is 9.67 Å². The topological polar surface area (TPSA) is 101 Å². The summed E-state index contributed by atoms with van der Waals surface area (Å²) < 4.78 is 32.9. The van der Waals surface area contributed by atoms with Gasteiger partial charge in [-0.25, -0.2) is 18.4 Å². The number of aromatic nitrogens is 2. The zero-order valence-electron chi connectivity index (χ0n) is 15.7. The molecule has 1 N–H and O–H groups in total. The smallest absolute Gasteiger partial charge is 0.321 e. The molecule has 1 aliphatic rings. The molecule has 1 saturated heterocycles. The van der Waals surface area contributed by atoms with E-state index in [-0.39, 0.29) is 15.8 Å². The molecular formula is C19H18N4O4S3. The van der Waals surface area contributed by atoms with Crippen molar-refractivity contribution in [3.8, 4) is 11.8 Å².